The minimum Gasteiger partial charge on any atom is -0.487 e. The zero-order valence-electron chi connectivity index (χ0n) is 56.5. The molecule has 0 radical (unpaired) electrons. The molecule has 91 heavy (non-hydrogen) atoms. The van der Waals surface area contributed by atoms with Crippen molar-refractivity contribution in [2.45, 2.75) is 107 Å². The lowest BCUT2D eigenvalue weighted by molar-refractivity contribution is -0.363. The SMILES string of the molecule is CCCCN(CCCC)c1ccc(C#CC2=C(C)C3=C(c4cc(OCCOCCOCCOC)c(OCCOCCOCCOC)c(OCCOCCOCCOC)c4)c4c(C)c(C#Cc5ccc(N(CCCC)CCCC)cc5)c(C)n4[B-](F)(F)[N+]3=C2C)cc1. The van der Waals surface area contributed by atoms with Gasteiger partial charge in [0.25, 0.3) is 0 Å². The van der Waals surface area contributed by atoms with Crippen LogP contribution in [0.5, 0.6) is 17.2 Å². The summed E-state index contributed by atoms with van der Waals surface area (Å²) in [7, 11) is 4.88. The van der Waals surface area contributed by atoms with Gasteiger partial charge in [-0.05, 0) is 118 Å². The summed E-state index contributed by atoms with van der Waals surface area (Å²) in [6, 6.07) is 20.2. The summed E-state index contributed by atoms with van der Waals surface area (Å²) >= 11 is 0. The highest BCUT2D eigenvalue weighted by atomic mass is 19.2. The van der Waals surface area contributed by atoms with E-state index in [1.165, 1.54) is 8.96 Å². The third kappa shape index (κ3) is 21.7. The maximum atomic E-state index is 18.5. The van der Waals surface area contributed by atoms with E-state index in [0.717, 1.165) is 100 Å². The molecule has 0 spiro atoms. The Morgan fingerprint density at radius 3 is 1.24 bits per heavy atom. The van der Waals surface area contributed by atoms with Gasteiger partial charge in [-0.1, -0.05) is 77.1 Å². The first-order valence-corrected chi connectivity index (χ1v) is 33.0. The number of anilines is 2. The quantitative estimate of drug-likeness (QED) is 0.0237. The molecule has 1 aromatic heterocycles. The van der Waals surface area contributed by atoms with Gasteiger partial charge in [-0.25, -0.2) is 0 Å². The fourth-order valence-electron chi connectivity index (χ4n) is 11.0. The number of allylic oxidation sites excluding steroid dienone is 2. The van der Waals surface area contributed by atoms with Gasteiger partial charge in [-0.2, -0.15) is 0 Å². The van der Waals surface area contributed by atoms with E-state index in [4.69, 9.17) is 56.8 Å². The first kappa shape index (κ1) is 73.8. The summed E-state index contributed by atoms with van der Waals surface area (Å²) in [5.41, 5.74) is 8.46. The number of hydrogen-bond donors (Lipinski definition) is 0. The number of nitrogens with zero attached hydrogens (tertiary/aromatic N) is 4. The molecule has 2 aliphatic heterocycles. The minimum atomic E-state index is -4.56. The lowest BCUT2D eigenvalue weighted by Gasteiger charge is -2.34. The molecule has 0 N–H and O–H groups in total. The molecule has 0 fully saturated rings. The monoisotopic (exact) mass is 1260 g/mol. The van der Waals surface area contributed by atoms with Crippen molar-refractivity contribution in [1.82, 2.24) is 4.48 Å². The Bertz CT molecular complexity index is 3010. The molecule has 16 nitrogen and oxygen atoms in total. The van der Waals surface area contributed by atoms with Crippen molar-refractivity contribution in [3.63, 3.8) is 0 Å². The highest BCUT2D eigenvalue weighted by molar-refractivity contribution is 6.58. The number of rotatable bonds is 45. The molecule has 0 saturated carbocycles. The van der Waals surface area contributed by atoms with Crippen LogP contribution in [0.4, 0.5) is 20.0 Å². The number of aromatic nitrogens is 1. The second-order valence-corrected chi connectivity index (χ2v) is 22.6. The molecule has 4 aromatic rings. The standard InChI is InChI=1S/C72H103BF2N4O12/c1-12-16-32-76(33-17-13-2)63-26-20-60(21-27-63)24-30-65-56(5)70-69(71-57(6)66(59(8)79(71)73(74,75)78(70)58(65)7)31-25-61-22-28-64(29-23-61)77(34-18-14-3)35-19-15-4)62-54-67(89-51-48-86-45-42-83-39-36-80-9)72(91-53-50-88-47-44-85-41-38-82-11)68(55-62)90-52-49-87-46-43-84-40-37-81-10/h20-23,26-29,54-55H,12-19,32-53H2,1-11H3. The Labute approximate surface area is 542 Å². The molecule has 0 unspecified atom stereocenters. The van der Waals surface area contributed by atoms with Crippen LogP contribution >= 0.6 is 0 Å². The van der Waals surface area contributed by atoms with Gasteiger partial charge >= 0.3 is 6.97 Å². The second kappa shape index (κ2) is 40.7. The van der Waals surface area contributed by atoms with E-state index in [1.807, 2.05) is 50.2 Å². The van der Waals surface area contributed by atoms with Crippen LogP contribution < -0.4 is 24.0 Å². The van der Waals surface area contributed by atoms with Gasteiger partial charge in [-0.15, -0.1) is 0 Å². The van der Waals surface area contributed by atoms with Crippen LogP contribution in [-0.4, -0.2) is 188 Å². The Morgan fingerprint density at radius 1 is 0.473 bits per heavy atom. The molecule has 500 valence electrons. The molecule has 0 aliphatic carbocycles. The van der Waals surface area contributed by atoms with Crippen LogP contribution in [0.2, 0.25) is 0 Å². The normalized spacial score (nSPS) is 13.3. The van der Waals surface area contributed by atoms with Crippen molar-refractivity contribution in [3.8, 4) is 40.9 Å². The van der Waals surface area contributed by atoms with Crippen molar-refractivity contribution < 1.29 is 70.0 Å². The van der Waals surface area contributed by atoms with E-state index >= 15 is 8.63 Å². The van der Waals surface area contributed by atoms with Crippen molar-refractivity contribution >= 4 is 29.6 Å². The number of hydrogen-bond acceptors (Lipinski definition) is 14. The van der Waals surface area contributed by atoms with E-state index in [-0.39, 0.29) is 39.6 Å². The van der Waals surface area contributed by atoms with Gasteiger partial charge < -0.3 is 84.2 Å². The Hall–Kier alpha value is -6.23. The fraction of sp³-hybridized carbons (Fsp3) is 0.569. The molecule has 2 aliphatic rings. The third-order valence-corrected chi connectivity index (χ3v) is 15.9. The predicted molar refractivity (Wildman–Crippen MR) is 360 cm³/mol. The summed E-state index contributed by atoms with van der Waals surface area (Å²) in [6.45, 7) is 21.3. The Morgan fingerprint density at radius 2 is 0.846 bits per heavy atom. The smallest absolute Gasteiger partial charge is 0.487 e. The number of ether oxygens (including phenoxy) is 12. The van der Waals surface area contributed by atoms with Crippen molar-refractivity contribution in [1.29, 1.82) is 0 Å². The van der Waals surface area contributed by atoms with Gasteiger partial charge in [0.15, 0.2) is 17.2 Å². The first-order valence-electron chi connectivity index (χ1n) is 33.0. The van der Waals surface area contributed by atoms with Crippen molar-refractivity contribution in [2.75, 3.05) is 176 Å². The van der Waals surface area contributed by atoms with Gasteiger partial charge in [0.1, 0.15) is 25.5 Å². The summed E-state index contributed by atoms with van der Waals surface area (Å²) in [4.78, 5) is 4.87. The van der Waals surface area contributed by atoms with Crippen LogP contribution in [-0.2, 0) is 42.6 Å². The molecular formula is C72H103BF2N4O12. The zero-order valence-corrected chi connectivity index (χ0v) is 56.5. The lowest BCUT2D eigenvalue weighted by Crippen LogP contribution is -2.51. The van der Waals surface area contributed by atoms with Gasteiger partial charge in [0.05, 0.1) is 110 Å². The largest absolute Gasteiger partial charge is 0.737 e. The fourth-order valence-corrected chi connectivity index (χ4v) is 11.0. The molecular weight excluding hydrogens is 1160 g/mol. The average molecular weight is 1270 g/mol. The topological polar surface area (TPSA) is 125 Å². The van der Waals surface area contributed by atoms with E-state index in [0.29, 0.717) is 153 Å². The van der Waals surface area contributed by atoms with Gasteiger partial charge in [-0.3, -0.25) is 0 Å². The number of fused-ring (bicyclic) bond motifs is 2. The maximum absolute atomic E-state index is 18.5. The van der Waals surface area contributed by atoms with E-state index in [1.54, 1.807) is 35.2 Å². The highest BCUT2D eigenvalue weighted by Gasteiger charge is 2.57. The van der Waals surface area contributed by atoms with Crippen LogP contribution in [0.25, 0.3) is 5.57 Å². The predicted octanol–water partition coefficient (Wildman–Crippen LogP) is 12.3. The van der Waals surface area contributed by atoms with E-state index < -0.39 is 6.97 Å². The van der Waals surface area contributed by atoms with Crippen molar-refractivity contribution in [2.24, 2.45) is 0 Å². The zero-order chi connectivity index (χ0) is 65.2. The molecule has 0 saturated heterocycles. The van der Waals surface area contributed by atoms with Crippen molar-refractivity contribution in [3.05, 3.63) is 117 Å². The molecule has 0 amide bonds. The van der Waals surface area contributed by atoms with E-state index in [9.17, 15) is 0 Å². The number of halogens is 2. The van der Waals surface area contributed by atoms with Crippen LogP contribution in [0.15, 0.2) is 77.5 Å². The number of unbranched alkanes of at least 4 members (excludes halogenated alkanes) is 4. The number of benzene rings is 3. The summed E-state index contributed by atoms with van der Waals surface area (Å²) in [6.07, 6.45) is 8.84. The van der Waals surface area contributed by atoms with Crippen LogP contribution in [0.3, 0.4) is 0 Å². The Kier molecular flexibility index (Phi) is 33.0. The molecule has 3 aromatic carbocycles. The first-order chi connectivity index (χ1) is 44.4. The van der Waals surface area contributed by atoms with Crippen LogP contribution in [0, 0.1) is 37.5 Å². The van der Waals surface area contributed by atoms with E-state index in [2.05, 4.69) is 85.4 Å². The maximum Gasteiger partial charge on any atom is 0.737 e. The highest BCUT2D eigenvalue weighted by Crippen LogP contribution is 2.50. The molecule has 6 rings (SSSR count). The summed E-state index contributed by atoms with van der Waals surface area (Å²) in [5, 5.41) is 0. The van der Waals surface area contributed by atoms with Gasteiger partial charge in [0.2, 0.25) is 5.75 Å². The molecule has 0 bridgehead atoms. The summed E-state index contributed by atoms with van der Waals surface area (Å²) in [5.74, 6) is 14.5. The minimum absolute atomic E-state index is 0.102. The molecule has 0 atom stereocenters. The van der Waals surface area contributed by atoms with Gasteiger partial charge in [0, 0.05) is 99.5 Å². The third-order valence-electron chi connectivity index (χ3n) is 15.9. The molecule has 3 heterocycles. The lowest BCUT2D eigenvalue weighted by atomic mass is 9.83. The average Bonchev–Trinajstić information content (AvgIpc) is 1.57. The molecule has 19 heteroatoms. The Balaban J connectivity index is 1.52. The summed E-state index contributed by atoms with van der Waals surface area (Å²) < 4.78 is 109. The number of methoxy groups -OCH3 is 3. The second-order valence-electron chi connectivity index (χ2n) is 22.6. The van der Waals surface area contributed by atoms with Crippen LogP contribution in [0.1, 0.15) is 132 Å².